The standard InChI is InChI=1S/C15H12F3NO5/c16-15(17,18)5-6-19(7-12(20)21)13(22)11-8-24-14(23)10-4-2-1-3-9(10)11/h1-4,8H,5-7H2,(H,20,21). The normalized spacial score (nSPS) is 11.5. The van der Waals surface area contributed by atoms with E-state index in [1.807, 2.05) is 0 Å². The molecule has 9 heteroatoms. The molecule has 1 aromatic heterocycles. The molecule has 0 aliphatic rings. The van der Waals surface area contributed by atoms with Crippen molar-refractivity contribution in [3.05, 3.63) is 46.5 Å². The number of benzene rings is 1. The molecule has 0 unspecified atom stereocenters. The van der Waals surface area contributed by atoms with Gasteiger partial charge in [0.25, 0.3) is 5.91 Å². The maximum atomic E-state index is 12.5. The van der Waals surface area contributed by atoms with Crippen LogP contribution in [-0.4, -0.2) is 41.1 Å². The zero-order valence-corrected chi connectivity index (χ0v) is 12.2. The minimum absolute atomic E-state index is 0.0782. The first kappa shape index (κ1) is 17.5. The van der Waals surface area contributed by atoms with E-state index in [1.54, 1.807) is 0 Å². The molecule has 1 heterocycles. The summed E-state index contributed by atoms with van der Waals surface area (Å²) in [4.78, 5) is 35.5. The maximum Gasteiger partial charge on any atom is 0.390 e. The number of nitrogens with zero attached hydrogens (tertiary/aromatic N) is 1. The molecule has 6 nitrogen and oxygen atoms in total. The van der Waals surface area contributed by atoms with Gasteiger partial charge in [-0.1, -0.05) is 18.2 Å². The minimum Gasteiger partial charge on any atom is -0.480 e. The first-order chi connectivity index (χ1) is 11.2. The third-order valence-corrected chi connectivity index (χ3v) is 3.23. The zero-order chi connectivity index (χ0) is 17.9. The first-order valence-corrected chi connectivity index (χ1v) is 6.77. The van der Waals surface area contributed by atoms with Crippen LogP contribution in [0.4, 0.5) is 13.2 Å². The largest absolute Gasteiger partial charge is 0.480 e. The molecule has 1 amide bonds. The number of hydrogen-bond donors (Lipinski definition) is 1. The Morgan fingerprint density at radius 2 is 1.79 bits per heavy atom. The highest BCUT2D eigenvalue weighted by Gasteiger charge is 2.30. The van der Waals surface area contributed by atoms with Crippen molar-refractivity contribution in [3.8, 4) is 0 Å². The molecule has 0 aliphatic carbocycles. The summed E-state index contributed by atoms with van der Waals surface area (Å²) in [5.41, 5.74) is -0.879. The summed E-state index contributed by atoms with van der Waals surface area (Å²) in [6.07, 6.45) is -5.06. The second-order valence-electron chi connectivity index (χ2n) is 4.97. The van der Waals surface area contributed by atoms with Crippen LogP contribution in [0, 0.1) is 0 Å². The van der Waals surface area contributed by atoms with Crippen LogP contribution in [0.1, 0.15) is 16.8 Å². The molecule has 0 saturated carbocycles. The van der Waals surface area contributed by atoms with E-state index < -0.39 is 43.2 Å². The summed E-state index contributed by atoms with van der Waals surface area (Å²) in [5.74, 6) is -2.41. The number of hydrogen-bond acceptors (Lipinski definition) is 4. The number of carbonyl (C=O) groups excluding carboxylic acids is 1. The summed E-state index contributed by atoms with van der Waals surface area (Å²) in [7, 11) is 0. The van der Waals surface area contributed by atoms with Crippen LogP contribution in [0.5, 0.6) is 0 Å². The number of alkyl halides is 3. The molecular weight excluding hydrogens is 331 g/mol. The molecule has 2 aromatic rings. The number of carboxylic acid groups (broad SMARTS) is 1. The van der Waals surface area contributed by atoms with Gasteiger partial charge in [0.1, 0.15) is 12.8 Å². The zero-order valence-electron chi connectivity index (χ0n) is 12.2. The fourth-order valence-electron chi connectivity index (χ4n) is 2.15. The van der Waals surface area contributed by atoms with Crippen molar-refractivity contribution in [2.24, 2.45) is 0 Å². The highest BCUT2D eigenvalue weighted by Crippen LogP contribution is 2.22. The van der Waals surface area contributed by atoms with Gasteiger partial charge < -0.3 is 14.4 Å². The van der Waals surface area contributed by atoms with Crippen molar-refractivity contribution in [2.45, 2.75) is 12.6 Å². The number of amides is 1. The second-order valence-corrected chi connectivity index (χ2v) is 4.97. The molecule has 0 bridgehead atoms. The van der Waals surface area contributed by atoms with Crippen LogP contribution in [0.3, 0.4) is 0 Å². The minimum atomic E-state index is -4.54. The van der Waals surface area contributed by atoms with Gasteiger partial charge in [0.2, 0.25) is 0 Å². The third-order valence-electron chi connectivity index (χ3n) is 3.23. The van der Waals surface area contributed by atoms with Gasteiger partial charge >= 0.3 is 17.8 Å². The Bertz CT molecular complexity index is 828. The van der Waals surface area contributed by atoms with Gasteiger partial charge in [-0.2, -0.15) is 13.2 Å². The fourth-order valence-corrected chi connectivity index (χ4v) is 2.15. The van der Waals surface area contributed by atoms with Crippen molar-refractivity contribution in [1.29, 1.82) is 0 Å². The monoisotopic (exact) mass is 343 g/mol. The highest BCUT2D eigenvalue weighted by atomic mass is 19.4. The predicted molar refractivity (Wildman–Crippen MR) is 76.7 cm³/mol. The van der Waals surface area contributed by atoms with E-state index in [2.05, 4.69) is 0 Å². The van der Waals surface area contributed by atoms with Crippen molar-refractivity contribution in [2.75, 3.05) is 13.1 Å². The second kappa shape index (κ2) is 6.73. The van der Waals surface area contributed by atoms with Gasteiger partial charge in [0.15, 0.2) is 0 Å². The van der Waals surface area contributed by atoms with Gasteiger partial charge in [-0.3, -0.25) is 9.59 Å². The van der Waals surface area contributed by atoms with Crippen LogP contribution in [0.15, 0.2) is 39.7 Å². The van der Waals surface area contributed by atoms with Gasteiger partial charge in [0.05, 0.1) is 17.4 Å². The van der Waals surface area contributed by atoms with Crippen LogP contribution < -0.4 is 5.63 Å². The van der Waals surface area contributed by atoms with Crippen molar-refractivity contribution in [3.63, 3.8) is 0 Å². The van der Waals surface area contributed by atoms with Crippen LogP contribution in [0.2, 0.25) is 0 Å². The van der Waals surface area contributed by atoms with Crippen LogP contribution >= 0.6 is 0 Å². The van der Waals surface area contributed by atoms with E-state index in [9.17, 15) is 27.6 Å². The Morgan fingerprint density at radius 1 is 1.17 bits per heavy atom. The number of aliphatic carboxylic acids is 1. The molecule has 0 atom stereocenters. The predicted octanol–water partition coefficient (Wildman–Crippen LogP) is 2.27. The Morgan fingerprint density at radius 3 is 2.38 bits per heavy atom. The third kappa shape index (κ3) is 4.12. The molecule has 0 spiro atoms. The molecular formula is C15H12F3NO5. The average Bonchev–Trinajstić information content (AvgIpc) is 2.50. The Balaban J connectivity index is 2.41. The summed E-state index contributed by atoms with van der Waals surface area (Å²) in [6.45, 7) is -1.72. The quantitative estimate of drug-likeness (QED) is 0.900. The molecule has 24 heavy (non-hydrogen) atoms. The SMILES string of the molecule is O=C(O)CN(CCC(F)(F)F)C(=O)c1coc(=O)c2ccccc12. The molecule has 0 fully saturated rings. The lowest BCUT2D eigenvalue weighted by molar-refractivity contribution is -0.143. The van der Waals surface area contributed by atoms with Gasteiger partial charge in [-0.15, -0.1) is 0 Å². The fraction of sp³-hybridized carbons (Fsp3) is 0.267. The number of rotatable bonds is 5. The van der Waals surface area contributed by atoms with E-state index in [-0.39, 0.29) is 16.3 Å². The molecule has 0 saturated heterocycles. The average molecular weight is 343 g/mol. The topological polar surface area (TPSA) is 87.8 Å². The molecule has 1 aromatic carbocycles. The first-order valence-electron chi connectivity index (χ1n) is 6.77. The van der Waals surface area contributed by atoms with E-state index in [0.29, 0.717) is 4.90 Å². The summed E-state index contributed by atoms with van der Waals surface area (Å²) in [6, 6.07) is 5.90. The summed E-state index contributed by atoms with van der Waals surface area (Å²) < 4.78 is 41.9. The highest BCUT2D eigenvalue weighted by molar-refractivity contribution is 6.06. The number of fused-ring (bicyclic) bond motifs is 1. The number of halogens is 3. The maximum absolute atomic E-state index is 12.5. The lowest BCUT2D eigenvalue weighted by atomic mass is 10.1. The van der Waals surface area contributed by atoms with E-state index >= 15 is 0 Å². The molecule has 2 rings (SSSR count). The van der Waals surface area contributed by atoms with Gasteiger partial charge in [-0.25, -0.2) is 4.79 Å². The Hall–Kier alpha value is -2.84. The van der Waals surface area contributed by atoms with Gasteiger partial charge in [0, 0.05) is 11.9 Å². The summed E-state index contributed by atoms with van der Waals surface area (Å²) in [5, 5.41) is 9.08. The molecule has 0 radical (unpaired) electrons. The van der Waals surface area contributed by atoms with Crippen molar-refractivity contribution >= 4 is 22.6 Å². The molecule has 1 N–H and O–H groups in total. The summed E-state index contributed by atoms with van der Waals surface area (Å²) >= 11 is 0. The van der Waals surface area contributed by atoms with Crippen molar-refractivity contribution in [1.82, 2.24) is 4.90 Å². The number of carboxylic acids is 1. The Labute approximate surface area is 133 Å². The smallest absolute Gasteiger partial charge is 0.390 e. The van der Waals surface area contributed by atoms with Crippen LogP contribution in [-0.2, 0) is 4.79 Å². The van der Waals surface area contributed by atoms with E-state index in [1.165, 1.54) is 24.3 Å². The van der Waals surface area contributed by atoms with E-state index in [0.717, 1.165) is 6.26 Å². The lowest BCUT2D eigenvalue weighted by Gasteiger charge is -2.21. The molecule has 128 valence electrons. The van der Waals surface area contributed by atoms with Crippen LogP contribution in [0.25, 0.3) is 10.8 Å². The van der Waals surface area contributed by atoms with Crippen molar-refractivity contribution < 1.29 is 32.3 Å². The van der Waals surface area contributed by atoms with E-state index in [4.69, 9.17) is 9.52 Å². The Kier molecular flexibility index (Phi) is 4.91. The van der Waals surface area contributed by atoms with Gasteiger partial charge in [-0.05, 0) is 6.07 Å². The lowest BCUT2D eigenvalue weighted by Crippen LogP contribution is -2.38. The number of carbonyl (C=O) groups is 2. The molecule has 0 aliphatic heterocycles.